The highest BCUT2D eigenvalue weighted by atomic mass is 16.5. The highest BCUT2D eigenvalue weighted by Crippen LogP contribution is 2.22. The van der Waals surface area contributed by atoms with Crippen molar-refractivity contribution in [2.45, 2.75) is 20.5 Å². The summed E-state index contributed by atoms with van der Waals surface area (Å²) in [5, 5.41) is 12.2. The van der Waals surface area contributed by atoms with E-state index in [9.17, 15) is 4.79 Å². The van der Waals surface area contributed by atoms with Crippen molar-refractivity contribution in [1.29, 1.82) is 0 Å². The normalized spacial score (nSPS) is 10.4. The molecule has 112 valence electrons. The third-order valence-corrected chi connectivity index (χ3v) is 3.11. The zero-order valence-electron chi connectivity index (χ0n) is 12.1. The molecule has 1 aromatic heterocycles. The molecule has 1 heterocycles. The van der Waals surface area contributed by atoms with E-state index in [-0.39, 0.29) is 12.3 Å². The Labute approximate surface area is 122 Å². The van der Waals surface area contributed by atoms with Crippen molar-refractivity contribution in [2.24, 2.45) is 0 Å². The van der Waals surface area contributed by atoms with Gasteiger partial charge in [0.2, 0.25) is 0 Å². The first kappa shape index (κ1) is 14.9. The topological polar surface area (TPSA) is 75.8 Å². The summed E-state index contributed by atoms with van der Waals surface area (Å²) in [5.74, 6) is -0.0400. The lowest BCUT2D eigenvalue weighted by atomic mass is 10.2. The van der Waals surface area contributed by atoms with Crippen LogP contribution in [0.3, 0.4) is 0 Å². The van der Waals surface area contributed by atoms with E-state index in [4.69, 9.17) is 14.4 Å². The fourth-order valence-electron chi connectivity index (χ4n) is 2.00. The number of carboxylic acids is 1. The molecule has 0 unspecified atom stereocenters. The summed E-state index contributed by atoms with van der Waals surface area (Å²) in [7, 11) is 0. The van der Waals surface area contributed by atoms with Crippen molar-refractivity contribution in [1.82, 2.24) is 5.16 Å². The fraction of sp³-hybridized carbons (Fsp3) is 0.333. The predicted molar refractivity (Wildman–Crippen MR) is 77.8 cm³/mol. The van der Waals surface area contributed by atoms with E-state index in [1.54, 1.807) is 0 Å². The molecule has 0 amide bonds. The minimum absolute atomic E-state index is 0.120. The Balaban J connectivity index is 2.02. The van der Waals surface area contributed by atoms with E-state index >= 15 is 0 Å². The summed E-state index contributed by atoms with van der Waals surface area (Å²) in [6.07, 6.45) is 0. The molecule has 0 radical (unpaired) electrons. The van der Waals surface area contributed by atoms with Gasteiger partial charge in [-0.15, -0.1) is 0 Å². The second-order valence-corrected chi connectivity index (χ2v) is 4.44. The Hall–Kier alpha value is -2.50. The SMILES string of the molecule is CCN(CC)c1cccc(OCc2cc(C(=O)O)no2)c1. The van der Waals surface area contributed by atoms with E-state index in [2.05, 4.69) is 23.9 Å². The van der Waals surface area contributed by atoms with Gasteiger partial charge in [-0.1, -0.05) is 11.2 Å². The fourth-order valence-corrected chi connectivity index (χ4v) is 2.00. The van der Waals surface area contributed by atoms with Crippen molar-refractivity contribution in [3.05, 3.63) is 41.8 Å². The molecule has 0 aliphatic heterocycles. The van der Waals surface area contributed by atoms with Gasteiger partial charge in [0.25, 0.3) is 0 Å². The second kappa shape index (κ2) is 6.78. The third kappa shape index (κ3) is 3.75. The molecule has 0 atom stereocenters. The predicted octanol–water partition coefficient (Wildman–Crippen LogP) is 2.80. The minimum atomic E-state index is -1.12. The molecule has 0 spiro atoms. The number of anilines is 1. The van der Waals surface area contributed by atoms with Crippen LogP contribution in [0.2, 0.25) is 0 Å². The molecule has 0 aliphatic rings. The molecular weight excluding hydrogens is 272 g/mol. The standard InChI is InChI=1S/C15H18N2O4/c1-3-17(4-2)11-6-5-7-12(8-11)20-10-13-9-14(15(18)19)16-21-13/h5-9H,3-4,10H2,1-2H3,(H,18,19). The Bertz CT molecular complexity index is 605. The highest BCUT2D eigenvalue weighted by Gasteiger charge is 2.11. The molecule has 21 heavy (non-hydrogen) atoms. The number of aromatic nitrogens is 1. The molecule has 6 nitrogen and oxygen atoms in total. The van der Waals surface area contributed by atoms with Crippen LogP contribution in [0.25, 0.3) is 0 Å². The second-order valence-electron chi connectivity index (χ2n) is 4.44. The Morgan fingerprint density at radius 2 is 2.10 bits per heavy atom. The Kier molecular flexibility index (Phi) is 4.81. The molecule has 2 aromatic rings. The molecule has 1 aromatic carbocycles. The summed E-state index contributed by atoms with van der Waals surface area (Å²) in [5.41, 5.74) is 0.965. The van der Waals surface area contributed by atoms with Gasteiger partial charge in [0, 0.05) is 30.9 Å². The average Bonchev–Trinajstić information content (AvgIpc) is 2.96. The summed E-state index contributed by atoms with van der Waals surface area (Å²) in [6, 6.07) is 9.10. The molecule has 0 fully saturated rings. The van der Waals surface area contributed by atoms with Gasteiger partial charge < -0.3 is 19.3 Å². The lowest BCUT2D eigenvalue weighted by Crippen LogP contribution is -2.21. The monoisotopic (exact) mass is 290 g/mol. The molecule has 0 saturated carbocycles. The Morgan fingerprint density at radius 1 is 1.33 bits per heavy atom. The first-order chi connectivity index (χ1) is 10.1. The number of carboxylic acid groups (broad SMARTS) is 1. The van der Waals surface area contributed by atoms with Gasteiger partial charge in [-0.3, -0.25) is 0 Å². The van der Waals surface area contributed by atoms with Crippen molar-refractivity contribution >= 4 is 11.7 Å². The smallest absolute Gasteiger partial charge is 0.358 e. The van der Waals surface area contributed by atoms with Crippen LogP contribution >= 0.6 is 0 Å². The van der Waals surface area contributed by atoms with Crippen molar-refractivity contribution in [3.63, 3.8) is 0 Å². The number of benzene rings is 1. The van der Waals surface area contributed by atoms with E-state index < -0.39 is 5.97 Å². The van der Waals surface area contributed by atoms with Crippen LogP contribution in [0.15, 0.2) is 34.9 Å². The van der Waals surface area contributed by atoms with Gasteiger partial charge >= 0.3 is 5.97 Å². The summed E-state index contributed by atoms with van der Waals surface area (Å²) >= 11 is 0. The van der Waals surface area contributed by atoms with Gasteiger partial charge in [-0.2, -0.15) is 0 Å². The molecule has 2 rings (SSSR count). The van der Waals surface area contributed by atoms with E-state index in [1.165, 1.54) is 6.07 Å². The van der Waals surface area contributed by atoms with Crippen LogP contribution in [0, 0.1) is 0 Å². The first-order valence-electron chi connectivity index (χ1n) is 6.80. The first-order valence-corrected chi connectivity index (χ1v) is 6.80. The van der Waals surface area contributed by atoms with Gasteiger partial charge in [-0.05, 0) is 26.0 Å². The van der Waals surface area contributed by atoms with Gasteiger partial charge in [0.05, 0.1) is 0 Å². The zero-order chi connectivity index (χ0) is 15.2. The van der Waals surface area contributed by atoms with Gasteiger partial charge in [0.1, 0.15) is 12.4 Å². The van der Waals surface area contributed by atoms with Crippen LogP contribution in [-0.4, -0.2) is 29.3 Å². The minimum Gasteiger partial charge on any atom is -0.485 e. The largest absolute Gasteiger partial charge is 0.485 e. The van der Waals surface area contributed by atoms with Crippen LogP contribution in [0.5, 0.6) is 5.75 Å². The highest BCUT2D eigenvalue weighted by molar-refractivity contribution is 5.85. The van der Waals surface area contributed by atoms with Crippen molar-refractivity contribution in [2.75, 3.05) is 18.0 Å². The molecular formula is C15H18N2O4. The molecule has 0 bridgehead atoms. The van der Waals surface area contributed by atoms with E-state index in [0.29, 0.717) is 11.5 Å². The maximum absolute atomic E-state index is 10.7. The zero-order valence-corrected chi connectivity index (χ0v) is 12.1. The van der Waals surface area contributed by atoms with Gasteiger partial charge in [-0.25, -0.2) is 4.79 Å². The number of rotatable bonds is 7. The van der Waals surface area contributed by atoms with Crippen molar-refractivity contribution in [3.8, 4) is 5.75 Å². The number of hydrogen-bond acceptors (Lipinski definition) is 5. The molecule has 6 heteroatoms. The summed E-state index contributed by atoms with van der Waals surface area (Å²) in [6.45, 7) is 6.17. The maximum Gasteiger partial charge on any atom is 0.358 e. The lowest BCUT2D eigenvalue weighted by Gasteiger charge is -2.21. The number of hydrogen-bond donors (Lipinski definition) is 1. The van der Waals surface area contributed by atoms with Crippen LogP contribution in [-0.2, 0) is 6.61 Å². The van der Waals surface area contributed by atoms with Crippen molar-refractivity contribution < 1.29 is 19.2 Å². The average molecular weight is 290 g/mol. The summed E-state index contributed by atoms with van der Waals surface area (Å²) < 4.78 is 10.5. The number of nitrogens with zero attached hydrogens (tertiary/aromatic N) is 2. The maximum atomic E-state index is 10.7. The lowest BCUT2D eigenvalue weighted by molar-refractivity contribution is 0.0685. The quantitative estimate of drug-likeness (QED) is 0.845. The summed E-state index contributed by atoms with van der Waals surface area (Å²) in [4.78, 5) is 12.9. The van der Waals surface area contributed by atoms with Gasteiger partial charge in [0.15, 0.2) is 11.5 Å². The molecule has 0 aliphatic carbocycles. The third-order valence-electron chi connectivity index (χ3n) is 3.11. The number of aromatic carboxylic acids is 1. The molecule has 1 N–H and O–H groups in total. The van der Waals surface area contributed by atoms with Crippen LogP contribution in [0.1, 0.15) is 30.1 Å². The Morgan fingerprint density at radius 3 is 2.71 bits per heavy atom. The molecule has 0 saturated heterocycles. The van der Waals surface area contributed by atoms with E-state index in [1.807, 2.05) is 24.3 Å². The van der Waals surface area contributed by atoms with E-state index in [0.717, 1.165) is 18.8 Å². The van der Waals surface area contributed by atoms with Crippen LogP contribution < -0.4 is 9.64 Å². The van der Waals surface area contributed by atoms with Crippen LogP contribution in [0.4, 0.5) is 5.69 Å². The number of ether oxygens (including phenoxy) is 1. The number of carbonyl (C=O) groups is 1.